The van der Waals surface area contributed by atoms with Crippen molar-refractivity contribution in [1.82, 2.24) is 4.90 Å². The molecule has 0 aliphatic carbocycles. The van der Waals surface area contributed by atoms with Crippen molar-refractivity contribution in [3.63, 3.8) is 0 Å². The predicted octanol–water partition coefficient (Wildman–Crippen LogP) is 3.45. The Labute approximate surface area is 107 Å². The summed E-state index contributed by atoms with van der Waals surface area (Å²) in [5.74, 6) is 1.87. The summed E-state index contributed by atoms with van der Waals surface area (Å²) in [6.45, 7) is 6.58. The molecule has 0 aromatic carbocycles. The maximum atomic E-state index is 11.0. The van der Waals surface area contributed by atoms with Gasteiger partial charge < -0.3 is 4.42 Å². The number of nitrogens with zero attached hydrogens (tertiary/aromatic N) is 1. The van der Waals surface area contributed by atoms with Crippen LogP contribution in [-0.4, -0.2) is 23.2 Å². The lowest BCUT2D eigenvalue weighted by Crippen LogP contribution is -2.34. The second-order valence-corrected chi connectivity index (χ2v) is 5.21. The third kappa shape index (κ3) is 2.90. The van der Waals surface area contributed by atoms with Crippen LogP contribution in [0.5, 0.6) is 0 Å². The number of hydrogen-bond donors (Lipinski definition) is 0. The van der Waals surface area contributed by atoms with E-state index in [1.807, 2.05) is 6.07 Å². The Balaban J connectivity index is 2.03. The predicted molar refractivity (Wildman–Crippen MR) is 67.3 cm³/mol. The highest BCUT2D eigenvalue weighted by Gasteiger charge is 2.23. The van der Waals surface area contributed by atoms with Gasteiger partial charge in [0.05, 0.1) is 6.04 Å². The van der Waals surface area contributed by atoms with Crippen molar-refractivity contribution in [2.24, 2.45) is 5.92 Å². The van der Waals surface area contributed by atoms with Crippen LogP contribution >= 0.6 is 11.6 Å². The van der Waals surface area contributed by atoms with Gasteiger partial charge in [0.1, 0.15) is 5.76 Å². The SMILES string of the molecule is CC1CCN(C(C)c2ccc(C(=O)Cl)o2)CC1. The van der Waals surface area contributed by atoms with E-state index in [1.165, 1.54) is 12.8 Å². The molecule has 1 aromatic rings. The fourth-order valence-electron chi connectivity index (χ4n) is 2.28. The molecule has 0 radical (unpaired) electrons. The molecule has 2 rings (SSSR count). The van der Waals surface area contributed by atoms with Crippen molar-refractivity contribution >= 4 is 16.8 Å². The van der Waals surface area contributed by atoms with Gasteiger partial charge in [-0.2, -0.15) is 0 Å². The molecular weight excluding hydrogens is 238 g/mol. The third-order valence-corrected chi connectivity index (χ3v) is 3.78. The van der Waals surface area contributed by atoms with Crippen molar-refractivity contribution in [2.75, 3.05) is 13.1 Å². The summed E-state index contributed by atoms with van der Waals surface area (Å²) in [6.07, 6.45) is 2.46. The summed E-state index contributed by atoms with van der Waals surface area (Å²) in [5.41, 5.74) is 0. The summed E-state index contributed by atoms with van der Waals surface area (Å²) in [7, 11) is 0. The highest BCUT2D eigenvalue weighted by Crippen LogP contribution is 2.27. The number of piperidine rings is 1. The van der Waals surface area contributed by atoms with Crippen LogP contribution in [-0.2, 0) is 0 Å². The molecule has 1 fully saturated rings. The number of likely N-dealkylation sites (tertiary alicyclic amines) is 1. The molecule has 94 valence electrons. The van der Waals surface area contributed by atoms with Crippen molar-refractivity contribution in [2.45, 2.75) is 32.7 Å². The summed E-state index contributed by atoms with van der Waals surface area (Å²) in [6, 6.07) is 3.71. The van der Waals surface area contributed by atoms with Crippen LogP contribution in [0.15, 0.2) is 16.5 Å². The van der Waals surface area contributed by atoms with Gasteiger partial charge >= 0.3 is 0 Å². The van der Waals surface area contributed by atoms with Gasteiger partial charge in [-0.15, -0.1) is 0 Å². The smallest absolute Gasteiger partial charge is 0.287 e. The number of rotatable bonds is 3. The molecule has 4 heteroatoms. The van der Waals surface area contributed by atoms with Crippen molar-refractivity contribution in [1.29, 1.82) is 0 Å². The molecule has 1 aliphatic rings. The van der Waals surface area contributed by atoms with Crippen LogP contribution < -0.4 is 0 Å². The maximum absolute atomic E-state index is 11.0. The normalized spacial score (nSPS) is 20.4. The first-order valence-corrected chi connectivity index (χ1v) is 6.49. The number of carbonyl (C=O) groups excluding carboxylic acids is 1. The first-order chi connectivity index (χ1) is 8.08. The molecule has 0 bridgehead atoms. The van der Waals surface area contributed by atoms with Gasteiger partial charge in [0.15, 0.2) is 5.76 Å². The van der Waals surface area contributed by atoms with Gasteiger partial charge in [0.2, 0.25) is 0 Å². The topological polar surface area (TPSA) is 33.5 Å². The molecule has 0 N–H and O–H groups in total. The first kappa shape index (κ1) is 12.7. The van der Waals surface area contributed by atoms with E-state index in [1.54, 1.807) is 6.07 Å². The summed E-state index contributed by atoms with van der Waals surface area (Å²) in [4.78, 5) is 13.3. The molecule has 2 heterocycles. The quantitative estimate of drug-likeness (QED) is 0.776. The van der Waals surface area contributed by atoms with E-state index in [4.69, 9.17) is 16.0 Å². The minimum absolute atomic E-state index is 0.215. The Bertz CT molecular complexity index is 394. The lowest BCUT2D eigenvalue weighted by atomic mass is 9.98. The monoisotopic (exact) mass is 255 g/mol. The molecule has 1 aromatic heterocycles. The van der Waals surface area contributed by atoms with E-state index in [-0.39, 0.29) is 11.8 Å². The summed E-state index contributed by atoms with van der Waals surface area (Å²) >= 11 is 5.38. The van der Waals surface area contributed by atoms with Crippen molar-refractivity contribution < 1.29 is 9.21 Å². The van der Waals surface area contributed by atoms with Crippen LogP contribution in [0.4, 0.5) is 0 Å². The molecule has 17 heavy (non-hydrogen) atoms. The molecular formula is C13H18ClNO2. The van der Waals surface area contributed by atoms with E-state index in [9.17, 15) is 4.79 Å². The van der Waals surface area contributed by atoms with Crippen LogP contribution in [0.25, 0.3) is 0 Å². The van der Waals surface area contributed by atoms with Crippen LogP contribution in [0.1, 0.15) is 49.0 Å². The molecule has 0 spiro atoms. The fourth-order valence-corrected chi connectivity index (χ4v) is 2.38. The van der Waals surface area contributed by atoms with Crippen LogP contribution in [0.3, 0.4) is 0 Å². The van der Waals surface area contributed by atoms with Crippen LogP contribution in [0.2, 0.25) is 0 Å². The second-order valence-electron chi connectivity index (χ2n) is 4.87. The number of carbonyl (C=O) groups is 1. The highest BCUT2D eigenvalue weighted by atomic mass is 35.5. The Kier molecular flexibility index (Phi) is 3.89. The van der Waals surface area contributed by atoms with Gasteiger partial charge in [-0.25, -0.2) is 0 Å². The number of hydrogen-bond acceptors (Lipinski definition) is 3. The first-order valence-electron chi connectivity index (χ1n) is 6.11. The lowest BCUT2D eigenvalue weighted by Gasteiger charge is -2.33. The van der Waals surface area contributed by atoms with E-state index in [0.717, 1.165) is 24.8 Å². The molecule has 3 nitrogen and oxygen atoms in total. The molecule has 0 amide bonds. The Morgan fingerprint density at radius 1 is 1.47 bits per heavy atom. The fraction of sp³-hybridized carbons (Fsp3) is 0.615. The van der Waals surface area contributed by atoms with E-state index in [2.05, 4.69) is 18.7 Å². The number of furan rings is 1. The molecule has 1 atom stereocenters. The zero-order valence-corrected chi connectivity index (χ0v) is 11.0. The Morgan fingerprint density at radius 2 is 2.12 bits per heavy atom. The van der Waals surface area contributed by atoms with Gasteiger partial charge in [-0.1, -0.05) is 6.92 Å². The lowest BCUT2D eigenvalue weighted by molar-refractivity contribution is 0.104. The van der Waals surface area contributed by atoms with Gasteiger partial charge in [0.25, 0.3) is 5.24 Å². The van der Waals surface area contributed by atoms with Gasteiger partial charge in [-0.3, -0.25) is 9.69 Å². The number of halogens is 1. The van der Waals surface area contributed by atoms with Gasteiger partial charge in [-0.05, 0) is 62.5 Å². The molecule has 1 unspecified atom stereocenters. The minimum Gasteiger partial charge on any atom is -0.455 e. The van der Waals surface area contributed by atoms with E-state index in [0.29, 0.717) is 0 Å². The second kappa shape index (κ2) is 5.23. The molecule has 0 saturated carbocycles. The average molecular weight is 256 g/mol. The van der Waals surface area contributed by atoms with Crippen LogP contribution in [0, 0.1) is 5.92 Å². The third-order valence-electron chi connectivity index (χ3n) is 3.60. The standard InChI is InChI=1S/C13H18ClNO2/c1-9-5-7-15(8-6-9)10(2)11-3-4-12(17-11)13(14)16/h3-4,9-10H,5-8H2,1-2H3. The zero-order chi connectivity index (χ0) is 12.4. The highest BCUT2D eigenvalue weighted by molar-refractivity contribution is 6.67. The summed E-state index contributed by atoms with van der Waals surface area (Å²) in [5, 5.41) is -0.532. The maximum Gasteiger partial charge on any atom is 0.287 e. The molecule has 1 aliphatic heterocycles. The molecule has 1 saturated heterocycles. The van der Waals surface area contributed by atoms with Crippen molar-refractivity contribution in [3.8, 4) is 0 Å². The largest absolute Gasteiger partial charge is 0.455 e. The Hall–Kier alpha value is -0.800. The minimum atomic E-state index is -0.532. The zero-order valence-electron chi connectivity index (χ0n) is 10.3. The summed E-state index contributed by atoms with van der Waals surface area (Å²) < 4.78 is 5.46. The van der Waals surface area contributed by atoms with Gasteiger partial charge in [0, 0.05) is 0 Å². The Morgan fingerprint density at radius 3 is 2.65 bits per heavy atom. The van der Waals surface area contributed by atoms with Crippen molar-refractivity contribution in [3.05, 3.63) is 23.7 Å². The van der Waals surface area contributed by atoms with E-state index < -0.39 is 5.24 Å². The average Bonchev–Trinajstić information content (AvgIpc) is 2.78. The van der Waals surface area contributed by atoms with E-state index >= 15 is 0 Å².